The molecule has 0 fully saturated rings. The van der Waals surface area contributed by atoms with Crippen LogP contribution in [0.3, 0.4) is 0 Å². The van der Waals surface area contributed by atoms with E-state index in [1.165, 1.54) is 5.56 Å². The van der Waals surface area contributed by atoms with Gasteiger partial charge in [0, 0.05) is 43.8 Å². The molecule has 0 saturated carbocycles. The molecule has 3 heterocycles. The average molecular weight is 718 g/mol. The lowest BCUT2D eigenvalue weighted by Crippen LogP contribution is -2.00. The first-order chi connectivity index (χ1) is 27.7. The molecule has 0 aliphatic carbocycles. The van der Waals surface area contributed by atoms with Crippen LogP contribution in [0.1, 0.15) is 0 Å². The molecule has 8 aromatic carbocycles. The van der Waals surface area contributed by atoms with E-state index in [9.17, 15) is 0 Å². The lowest BCUT2D eigenvalue weighted by atomic mass is 9.99. The predicted octanol–water partition coefficient (Wildman–Crippen LogP) is 13.7. The first kappa shape index (κ1) is 31.9. The van der Waals surface area contributed by atoms with Gasteiger partial charge < -0.3 is 8.83 Å². The largest absolute Gasteiger partial charge is 0.456 e. The maximum atomic E-state index is 6.52. The summed E-state index contributed by atoms with van der Waals surface area (Å²) < 4.78 is 12.8. The normalized spacial score (nSPS) is 11.6. The Bertz CT molecular complexity index is 3240. The molecular formula is C51H31N3O2. The van der Waals surface area contributed by atoms with Crippen LogP contribution in [-0.2, 0) is 0 Å². The summed E-state index contributed by atoms with van der Waals surface area (Å²) >= 11 is 0. The van der Waals surface area contributed by atoms with Gasteiger partial charge in [-0.2, -0.15) is 0 Å². The van der Waals surface area contributed by atoms with Crippen molar-refractivity contribution in [3.63, 3.8) is 0 Å². The van der Waals surface area contributed by atoms with Gasteiger partial charge in [-0.05, 0) is 64.2 Å². The van der Waals surface area contributed by atoms with E-state index in [1.807, 2.05) is 36.4 Å². The van der Waals surface area contributed by atoms with Crippen molar-refractivity contribution in [2.75, 3.05) is 0 Å². The molecule has 0 radical (unpaired) electrons. The third-order valence-corrected chi connectivity index (χ3v) is 10.6. The van der Waals surface area contributed by atoms with Crippen LogP contribution in [0.4, 0.5) is 0 Å². The smallest absolute Gasteiger partial charge is 0.164 e. The molecule has 5 heteroatoms. The predicted molar refractivity (Wildman–Crippen MR) is 227 cm³/mol. The van der Waals surface area contributed by atoms with Gasteiger partial charge in [-0.15, -0.1) is 0 Å². The molecule has 5 nitrogen and oxygen atoms in total. The molecule has 0 unspecified atom stereocenters. The minimum atomic E-state index is 0.573. The van der Waals surface area contributed by atoms with Gasteiger partial charge >= 0.3 is 0 Å². The molecule has 0 atom stereocenters. The van der Waals surface area contributed by atoms with Crippen molar-refractivity contribution in [2.24, 2.45) is 0 Å². The summed E-state index contributed by atoms with van der Waals surface area (Å²) in [4.78, 5) is 15.2. The molecule has 11 rings (SSSR count). The molecular weight excluding hydrogens is 687 g/mol. The second-order valence-electron chi connectivity index (χ2n) is 14.0. The van der Waals surface area contributed by atoms with Crippen molar-refractivity contribution in [1.29, 1.82) is 0 Å². The Hall–Kier alpha value is -7.63. The van der Waals surface area contributed by atoms with E-state index in [0.717, 1.165) is 88.4 Å². The SMILES string of the molecule is c1ccc(-c2cccc(-c3nc(-c4ccc(-c5cccc6c5oc5ccc(-c7ccccc7)cc56)cc4)nc(-c4ccc5c(c4)oc4ccccc45)n3)c2)cc1. The van der Waals surface area contributed by atoms with E-state index >= 15 is 0 Å². The zero-order valence-corrected chi connectivity index (χ0v) is 30.1. The number of hydrogen-bond donors (Lipinski definition) is 0. The van der Waals surface area contributed by atoms with Crippen molar-refractivity contribution in [3.8, 4) is 67.5 Å². The van der Waals surface area contributed by atoms with E-state index in [0.29, 0.717) is 17.5 Å². The van der Waals surface area contributed by atoms with Crippen LogP contribution in [0.2, 0.25) is 0 Å². The van der Waals surface area contributed by atoms with E-state index in [1.54, 1.807) is 0 Å². The number of benzene rings is 8. The van der Waals surface area contributed by atoms with E-state index in [-0.39, 0.29) is 0 Å². The number of nitrogens with zero attached hydrogens (tertiary/aromatic N) is 3. The Morgan fingerprint density at radius 2 is 0.786 bits per heavy atom. The van der Waals surface area contributed by atoms with Crippen molar-refractivity contribution in [1.82, 2.24) is 15.0 Å². The lowest BCUT2D eigenvalue weighted by molar-refractivity contribution is 0.669. The number of furan rings is 2. The highest BCUT2D eigenvalue weighted by atomic mass is 16.3. The number of fused-ring (bicyclic) bond motifs is 6. The zero-order chi connectivity index (χ0) is 37.0. The fourth-order valence-electron chi connectivity index (χ4n) is 7.73. The Balaban J connectivity index is 1.01. The van der Waals surface area contributed by atoms with Crippen molar-refractivity contribution in [3.05, 3.63) is 188 Å². The quantitative estimate of drug-likeness (QED) is 0.171. The van der Waals surface area contributed by atoms with Gasteiger partial charge in [0.2, 0.25) is 0 Å². The van der Waals surface area contributed by atoms with Gasteiger partial charge in [0.15, 0.2) is 17.5 Å². The Morgan fingerprint density at radius 3 is 1.55 bits per heavy atom. The van der Waals surface area contributed by atoms with Crippen LogP contribution in [0.5, 0.6) is 0 Å². The molecule has 0 saturated heterocycles. The molecule has 0 N–H and O–H groups in total. The van der Waals surface area contributed by atoms with E-state index in [2.05, 4.69) is 152 Å². The highest BCUT2D eigenvalue weighted by Gasteiger charge is 2.17. The Morgan fingerprint density at radius 1 is 0.268 bits per heavy atom. The second-order valence-corrected chi connectivity index (χ2v) is 14.0. The van der Waals surface area contributed by atoms with Crippen molar-refractivity contribution >= 4 is 43.9 Å². The minimum Gasteiger partial charge on any atom is -0.456 e. The van der Waals surface area contributed by atoms with E-state index in [4.69, 9.17) is 23.8 Å². The number of para-hydroxylation sites is 2. The molecule has 0 spiro atoms. The number of hydrogen-bond acceptors (Lipinski definition) is 5. The van der Waals surface area contributed by atoms with Gasteiger partial charge in [0.1, 0.15) is 22.3 Å². The first-order valence-corrected chi connectivity index (χ1v) is 18.7. The fraction of sp³-hybridized carbons (Fsp3) is 0. The molecule has 0 aliphatic rings. The maximum absolute atomic E-state index is 6.52. The molecule has 11 aromatic rings. The maximum Gasteiger partial charge on any atom is 0.164 e. The third kappa shape index (κ3) is 5.53. The summed E-state index contributed by atoms with van der Waals surface area (Å²) in [6.07, 6.45) is 0. The van der Waals surface area contributed by atoms with Crippen LogP contribution in [0.25, 0.3) is 111 Å². The molecule has 3 aromatic heterocycles. The first-order valence-electron chi connectivity index (χ1n) is 18.7. The van der Waals surface area contributed by atoms with Crippen molar-refractivity contribution in [2.45, 2.75) is 0 Å². The van der Waals surface area contributed by atoms with Crippen LogP contribution in [-0.4, -0.2) is 15.0 Å². The van der Waals surface area contributed by atoms with Crippen LogP contribution >= 0.6 is 0 Å². The summed E-state index contributed by atoms with van der Waals surface area (Å²) in [5.74, 6) is 1.75. The number of aromatic nitrogens is 3. The molecule has 262 valence electrons. The summed E-state index contributed by atoms with van der Waals surface area (Å²) in [6.45, 7) is 0. The van der Waals surface area contributed by atoms with Gasteiger partial charge in [0.25, 0.3) is 0 Å². The summed E-state index contributed by atoms with van der Waals surface area (Å²) in [5.41, 5.74) is 12.7. The van der Waals surface area contributed by atoms with Gasteiger partial charge in [-0.1, -0.05) is 152 Å². The van der Waals surface area contributed by atoms with E-state index < -0.39 is 0 Å². The molecule has 0 aliphatic heterocycles. The van der Waals surface area contributed by atoms with Crippen LogP contribution in [0, 0.1) is 0 Å². The van der Waals surface area contributed by atoms with Gasteiger partial charge in [0.05, 0.1) is 0 Å². The zero-order valence-electron chi connectivity index (χ0n) is 30.1. The monoisotopic (exact) mass is 717 g/mol. The lowest BCUT2D eigenvalue weighted by Gasteiger charge is -2.10. The van der Waals surface area contributed by atoms with Crippen LogP contribution in [0.15, 0.2) is 197 Å². The Labute approximate surface area is 322 Å². The van der Waals surface area contributed by atoms with Crippen molar-refractivity contribution < 1.29 is 8.83 Å². The summed E-state index contributed by atoms with van der Waals surface area (Å²) in [5, 5.41) is 4.33. The highest BCUT2D eigenvalue weighted by molar-refractivity contribution is 6.10. The fourth-order valence-corrected chi connectivity index (χ4v) is 7.73. The molecule has 0 amide bonds. The third-order valence-electron chi connectivity index (χ3n) is 10.6. The van der Waals surface area contributed by atoms with Gasteiger partial charge in [-0.25, -0.2) is 15.0 Å². The van der Waals surface area contributed by atoms with Crippen LogP contribution < -0.4 is 0 Å². The summed E-state index contributed by atoms with van der Waals surface area (Å²) in [6, 6.07) is 64.6. The Kier molecular flexibility index (Phi) is 7.42. The second kappa shape index (κ2) is 13.0. The highest BCUT2D eigenvalue weighted by Crippen LogP contribution is 2.39. The number of rotatable bonds is 6. The molecule has 0 bridgehead atoms. The minimum absolute atomic E-state index is 0.573. The topological polar surface area (TPSA) is 65.0 Å². The van der Waals surface area contributed by atoms with Gasteiger partial charge in [-0.3, -0.25) is 0 Å². The average Bonchev–Trinajstić information content (AvgIpc) is 3.85. The molecule has 56 heavy (non-hydrogen) atoms. The summed E-state index contributed by atoms with van der Waals surface area (Å²) in [7, 11) is 0. The standard InChI is InChI=1S/C51H31N3O2/c1-3-11-32(12-4-1)36-15-9-16-38(29-36)50-52-49(53-51(54-50)39-25-27-42-41-17-7-8-20-45(41)55-47(42)31-39)35-23-21-34(22-24-35)40-18-10-19-43-44-30-37(33-13-5-2-6-14-33)26-28-46(44)56-48(40)43/h1-31H.